The molecule has 1 N–H and O–H groups in total. The number of nitrogens with zero attached hydrogens (tertiary/aromatic N) is 2. The van der Waals surface area contributed by atoms with E-state index in [1.807, 2.05) is 66.3 Å². The Morgan fingerprint density at radius 1 is 1.04 bits per heavy atom. The zero-order valence-electron chi connectivity index (χ0n) is 14.5. The van der Waals surface area contributed by atoms with Crippen LogP contribution in [0.5, 0.6) is 5.88 Å². The zero-order chi connectivity index (χ0) is 16.8. The Kier molecular flexibility index (Phi) is 8.90. The number of nitrogens with one attached hydrogen (secondary N) is 1. The molecule has 0 saturated carbocycles. The maximum Gasteiger partial charge on any atom is 0.241 e. The summed E-state index contributed by atoms with van der Waals surface area (Å²) in [7, 11) is 0. The molecule has 3 aromatic rings. The molecule has 1 aromatic heterocycles. The van der Waals surface area contributed by atoms with Crippen LogP contribution >= 0.6 is 24.8 Å². The molecule has 0 bridgehead atoms. The van der Waals surface area contributed by atoms with Crippen LogP contribution < -0.4 is 4.74 Å². The van der Waals surface area contributed by atoms with E-state index in [2.05, 4.69) is 17.2 Å². The van der Waals surface area contributed by atoms with Crippen LogP contribution in [0.15, 0.2) is 66.9 Å². The van der Waals surface area contributed by atoms with Crippen LogP contribution in [0.2, 0.25) is 0 Å². The summed E-state index contributed by atoms with van der Waals surface area (Å²) >= 11 is 0. The summed E-state index contributed by atoms with van der Waals surface area (Å²) in [4.78, 5) is 0. The standard InChI is InChI=1S/C20H21N3O.2ClH/c1-16(12-13-21)23-14-19(18-10-6-3-7-11-18)20(22-23)24-15-17-8-4-2-5-9-17;;/h2-11,13-14,16,21H,12,15H2,1H3;2*1H. The van der Waals surface area contributed by atoms with Crippen molar-refractivity contribution < 1.29 is 4.74 Å². The van der Waals surface area contributed by atoms with E-state index in [1.54, 1.807) is 0 Å². The van der Waals surface area contributed by atoms with Gasteiger partial charge in [-0.3, -0.25) is 4.68 Å². The van der Waals surface area contributed by atoms with E-state index in [0.717, 1.165) is 16.7 Å². The van der Waals surface area contributed by atoms with Gasteiger partial charge in [-0.1, -0.05) is 60.7 Å². The highest BCUT2D eigenvalue weighted by Crippen LogP contribution is 2.30. The van der Waals surface area contributed by atoms with Crippen molar-refractivity contribution >= 4 is 31.0 Å². The predicted molar refractivity (Wildman–Crippen MR) is 111 cm³/mol. The maximum atomic E-state index is 7.30. The number of ether oxygens (including phenoxy) is 1. The number of hydrogen-bond acceptors (Lipinski definition) is 3. The van der Waals surface area contributed by atoms with Gasteiger partial charge >= 0.3 is 0 Å². The topological polar surface area (TPSA) is 50.9 Å². The van der Waals surface area contributed by atoms with Crippen molar-refractivity contribution in [1.82, 2.24) is 9.78 Å². The first-order valence-corrected chi connectivity index (χ1v) is 8.08. The zero-order valence-corrected chi connectivity index (χ0v) is 16.2. The minimum absolute atomic E-state index is 0. The lowest BCUT2D eigenvalue weighted by molar-refractivity contribution is 0.288. The van der Waals surface area contributed by atoms with Gasteiger partial charge < -0.3 is 10.1 Å². The summed E-state index contributed by atoms with van der Waals surface area (Å²) < 4.78 is 7.88. The Bertz CT molecular complexity index is 791. The average molecular weight is 392 g/mol. The van der Waals surface area contributed by atoms with Gasteiger partial charge in [-0.25, -0.2) is 0 Å². The lowest BCUT2D eigenvalue weighted by Gasteiger charge is -2.08. The third kappa shape index (κ3) is 5.35. The first-order chi connectivity index (χ1) is 11.8. The molecule has 138 valence electrons. The van der Waals surface area contributed by atoms with E-state index in [4.69, 9.17) is 10.1 Å². The number of rotatable bonds is 7. The van der Waals surface area contributed by atoms with Crippen LogP contribution in [-0.4, -0.2) is 16.0 Å². The second kappa shape index (κ2) is 10.6. The Hall–Kier alpha value is -2.30. The molecule has 0 saturated heterocycles. The first kappa shape index (κ1) is 21.7. The maximum absolute atomic E-state index is 7.30. The normalized spacial score (nSPS) is 11.0. The highest BCUT2D eigenvalue weighted by molar-refractivity contribution is 5.85. The van der Waals surface area contributed by atoms with Crippen LogP contribution in [0, 0.1) is 5.41 Å². The minimum Gasteiger partial charge on any atom is -0.471 e. The lowest BCUT2D eigenvalue weighted by atomic mass is 10.1. The van der Waals surface area contributed by atoms with E-state index in [-0.39, 0.29) is 30.9 Å². The molecule has 3 rings (SSSR count). The smallest absolute Gasteiger partial charge is 0.241 e. The van der Waals surface area contributed by atoms with Gasteiger partial charge in [-0.05, 0) is 24.3 Å². The monoisotopic (exact) mass is 391 g/mol. The van der Waals surface area contributed by atoms with Crippen molar-refractivity contribution in [3.05, 3.63) is 72.4 Å². The Balaban J connectivity index is 0.00000169. The summed E-state index contributed by atoms with van der Waals surface area (Å²) in [6, 6.07) is 20.3. The molecule has 0 aliphatic heterocycles. The fourth-order valence-electron chi connectivity index (χ4n) is 2.53. The predicted octanol–water partition coefficient (Wildman–Crippen LogP) is 5.57. The van der Waals surface area contributed by atoms with Gasteiger partial charge in [0.1, 0.15) is 6.61 Å². The quantitative estimate of drug-likeness (QED) is 0.534. The molecular formula is C20H23Cl2N3O. The highest BCUT2D eigenvalue weighted by atomic mass is 35.5. The van der Waals surface area contributed by atoms with Gasteiger partial charge in [0.05, 0.1) is 11.6 Å². The van der Waals surface area contributed by atoms with Crippen molar-refractivity contribution in [1.29, 1.82) is 5.41 Å². The molecule has 0 aliphatic rings. The van der Waals surface area contributed by atoms with Gasteiger partial charge in [-0.15, -0.1) is 29.9 Å². The van der Waals surface area contributed by atoms with Gasteiger partial charge in [0.25, 0.3) is 0 Å². The second-order valence-corrected chi connectivity index (χ2v) is 5.76. The van der Waals surface area contributed by atoms with Crippen molar-refractivity contribution in [3.8, 4) is 17.0 Å². The Morgan fingerprint density at radius 2 is 1.65 bits per heavy atom. The van der Waals surface area contributed by atoms with Crippen LogP contribution in [0.1, 0.15) is 24.9 Å². The summed E-state index contributed by atoms with van der Waals surface area (Å²) in [6.45, 7) is 2.53. The fraction of sp³-hybridized carbons (Fsp3) is 0.200. The first-order valence-electron chi connectivity index (χ1n) is 8.08. The molecule has 0 amide bonds. The molecule has 0 spiro atoms. The van der Waals surface area contributed by atoms with Gasteiger partial charge in [0.15, 0.2) is 0 Å². The summed E-state index contributed by atoms with van der Waals surface area (Å²) in [6.07, 6.45) is 4.07. The SMILES string of the molecule is CC(CC=N)n1cc(-c2ccccc2)c(OCc2ccccc2)n1.Cl.Cl. The fourth-order valence-corrected chi connectivity index (χ4v) is 2.53. The molecule has 1 atom stereocenters. The van der Waals surface area contributed by atoms with Crippen LogP contribution in [0.25, 0.3) is 11.1 Å². The van der Waals surface area contributed by atoms with E-state index >= 15 is 0 Å². The number of aromatic nitrogens is 2. The Labute approximate surface area is 166 Å². The van der Waals surface area contributed by atoms with Crippen LogP contribution in [-0.2, 0) is 6.61 Å². The molecule has 0 aliphatic carbocycles. The lowest BCUT2D eigenvalue weighted by Crippen LogP contribution is -2.06. The molecule has 1 unspecified atom stereocenters. The van der Waals surface area contributed by atoms with E-state index in [9.17, 15) is 0 Å². The van der Waals surface area contributed by atoms with Crippen molar-refractivity contribution in [2.24, 2.45) is 0 Å². The van der Waals surface area contributed by atoms with Crippen molar-refractivity contribution in [2.75, 3.05) is 0 Å². The number of hydrogen-bond donors (Lipinski definition) is 1. The summed E-state index contributed by atoms with van der Waals surface area (Å²) in [5, 5.41) is 11.9. The molecule has 1 heterocycles. The molecular weight excluding hydrogens is 369 g/mol. The van der Waals surface area contributed by atoms with Crippen molar-refractivity contribution in [3.63, 3.8) is 0 Å². The molecule has 6 heteroatoms. The summed E-state index contributed by atoms with van der Waals surface area (Å²) in [5.41, 5.74) is 3.16. The second-order valence-electron chi connectivity index (χ2n) is 5.76. The van der Waals surface area contributed by atoms with E-state index < -0.39 is 0 Å². The third-order valence-electron chi connectivity index (χ3n) is 3.91. The van der Waals surface area contributed by atoms with E-state index in [0.29, 0.717) is 18.9 Å². The molecule has 26 heavy (non-hydrogen) atoms. The molecule has 0 radical (unpaired) electrons. The van der Waals surface area contributed by atoms with Gasteiger partial charge in [0.2, 0.25) is 5.88 Å². The largest absolute Gasteiger partial charge is 0.471 e. The minimum atomic E-state index is 0. The van der Waals surface area contributed by atoms with Gasteiger partial charge in [0, 0.05) is 12.6 Å². The number of benzene rings is 2. The Morgan fingerprint density at radius 3 is 2.27 bits per heavy atom. The number of halogens is 2. The van der Waals surface area contributed by atoms with Crippen LogP contribution in [0.3, 0.4) is 0 Å². The third-order valence-corrected chi connectivity index (χ3v) is 3.91. The average Bonchev–Trinajstić information content (AvgIpc) is 3.06. The van der Waals surface area contributed by atoms with E-state index in [1.165, 1.54) is 6.21 Å². The molecule has 0 fully saturated rings. The van der Waals surface area contributed by atoms with Crippen molar-refractivity contribution in [2.45, 2.75) is 26.0 Å². The van der Waals surface area contributed by atoms with Gasteiger partial charge in [-0.2, -0.15) is 0 Å². The highest BCUT2D eigenvalue weighted by Gasteiger charge is 2.15. The molecule has 4 nitrogen and oxygen atoms in total. The summed E-state index contributed by atoms with van der Waals surface area (Å²) in [5.74, 6) is 0.627. The van der Waals surface area contributed by atoms with Crippen LogP contribution in [0.4, 0.5) is 0 Å². The molecule has 2 aromatic carbocycles.